The number of rotatable bonds is 8. The van der Waals surface area contributed by atoms with Gasteiger partial charge in [-0.2, -0.15) is 15.0 Å². The van der Waals surface area contributed by atoms with Gasteiger partial charge in [0.25, 0.3) is 5.56 Å². The fraction of sp³-hybridized carbons (Fsp3) is 0.524. The number of imidazole rings is 2. The molecule has 22 heteroatoms. The lowest BCUT2D eigenvalue weighted by Gasteiger charge is -2.27. The van der Waals surface area contributed by atoms with E-state index in [4.69, 9.17) is 31.2 Å². The second kappa shape index (κ2) is 10.7. The summed E-state index contributed by atoms with van der Waals surface area (Å²) in [5.74, 6) is -0.442. The van der Waals surface area contributed by atoms with Gasteiger partial charge in [-0.25, -0.2) is 9.97 Å². The van der Waals surface area contributed by atoms with Crippen molar-refractivity contribution in [3.8, 4) is 0 Å². The van der Waals surface area contributed by atoms with Crippen LogP contribution in [0.5, 0.6) is 0 Å². The lowest BCUT2D eigenvalue weighted by atomic mass is 10.1. The van der Waals surface area contributed by atoms with Gasteiger partial charge in [-0.15, -0.1) is 0 Å². The van der Waals surface area contributed by atoms with Gasteiger partial charge in [-0.05, 0) is 6.42 Å². The third-order valence-electron chi connectivity index (χ3n) is 7.35. The molecule has 21 nitrogen and oxygen atoms in total. The summed E-state index contributed by atoms with van der Waals surface area (Å²) in [6, 6.07) is 0. The van der Waals surface area contributed by atoms with Crippen LogP contribution in [0.15, 0.2) is 17.4 Å². The Labute approximate surface area is 239 Å². The number of aliphatic hydroxyl groups is 4. The first-order valence-electron chi connectivity index (χ1n) is 12.8. The van der Waals surface area contributed by atoms with Crippen molar-refractivity contribution >= 4 is 47.6 Å². The average Bonchev–Trinajstić information content (AvgIpc) is 3.69. The number of aromatic amines is 1. The first kappa shape index (κ1) is 29.3. The molecule has 0 radical (unpaired) electrons. The lowest BCUT2D eigenvalue weighted by molar-refractivity contribution is -0.0493. The molecule has 0 aliphatic carbocycles. The van der Waals surface area contributed by atoms with Crippen LogP contribution in [-0.4, -0.2) is 114 Å². The van der Waals surface area contributed by atoms with Gasteiger partial charge >= 0.3 is 7.60 Å². The number of anilines is 3. The Morgan fingerprint density at radius 3 is 2.30 bits per heavy atom. The summed E-state index contributed by atoms with van der Waals surface area (Å²) in [4.78, 5) is 45.6. The number of aliphatic hydroxyl groups excluding tert-OH is 4. The van der Waals surface area contributed by atoms with Gasteiger partial charge in [-0.3, -0.25) is 23.5 Å². The van der Waals surface area contributed by atoms with E-state index in [1.165, 1.54) is 10.9 Å². The molecule has 6 rings (SSSR count). The highest BCUT2D eigenvalue weighted by atomic mass is 31.2. The molecule has 43 heavy (non-hydrogen) atoms. The third-order valence-corrected chi connectivity index (χ3v) is 9.19. The molecule has 9 atom stereocenters. The maximum atomic E-state index is 13.7. The van der Waals surface area contributed by atoms with Crippen LogP contribution < -0.4 is 22.8 Å². The van der Waals surface area contributed by atoms with Gasteiger partial charge in [0, 0.05) is 6.61 Å². The maximum absolute atomic E-state index is 13.7. The highest BCUT2D eigenvalue weighted by Crippen LogP contribution is 2.58. The highest BCUT2D eigenvalue weighted by molar-refractivity contribution is 7.53. The van der Waals surface area contributed by atoms with E-state index in [1.807, 2.05) is 0 Å². The largest absolute Gasteiger partial charge is 0.396 e. The fourth-order valence-corrected chi connectivity index (χ4v) is 6.96. The molecule has 0 amide bonds. The van der Waals surface area contributed by atoms with Gasteiger partial charge in [-0.1, -0.05) is 0 Å². The Balaban J connectivity index is 1.26. The molecular weight excluding hydrogens is 597 g/mol. The van der Waals surface area contributed by atoms with E-state index >= 15 is 0 Å². The maximum Gasteiger partial charge on any atom is 0.338 e. The number of nitrogens with one attached hydrogen (secondary N) is 1. The Morgan fingerprint density at radius 1 is 0.930 bits per heavy atom. The van der Waals surface area contributed by atoms with Gasteiger partial charge in [0.05, 0.1) is 31.5 Å². The van der Waals surface area contributed by atoms with Crippen LogP contribution in [0.25, 0.3) is 22.3 Å². The molecule has 2 fully saturated rings. The molecule has 2 saturated heterocycles. The number of ether oxygens (including phenoxy) is 2. The van der Waals surface area contributed by atoms with Crippen molar-refractivity contribution < 1.29 is 43.9 Å². The van der Waals surface area contributed by atoms with Crippen LogP contribution in [0.4, 0.5) is 17.7 Å². The molecule has 0 aromatic carbocycles. The molecule has 2 aliphatic heterocycles. The first-order chi connectivity index (χ1) is 20.4. The molecule has 2 aliphatic rings. The smallest absolute Gasteiger partial charge is 0.338 e. The van der Waals surface area contributed by atoms with Crippen LogP contribution in [0.1, 0.15) is 18.9 Å². The van der Waals surface area contributed by atoms with E-state index in [-0.39, 0.29) is 46.5 Å². The number of nitrogens with zero attached hydrogens (tertiary/aromatic N) is 7. The molecule has 0 spiro atoms. The number of nitrogens with two attached hydrogens (primary N) is 3. The van der Waals surface area contributed by atoms with Gasteiger partial charge < -0.3 is 56.5 Å². The predicted octanol–water partition coefficient (Wildman–Crippen LogP) is -3.46. The fourth-order valence-electron chi connectivity index (χ4n) is 5.31. The molecule has 232 valence electrons. The average molecular weight is 625 g/mol. The van der Waals surface area contributed by atoms with Crippen molar-refractivity contribution in [3.63, 3.8) is 0 Å². The van der Waals surface area contributed by atoms with E-state index in [2.05, 4.69) is 29.9 Å². The number of H-pyrrole nitrogens is 1. The van der Waals surface area contributed by atoms with Gasteiger partial charge in [0.2, 0.25) is 11.9 Å². The highest BCUT2D eigenvalue weighted by Gasteiger charge is 2.55. The number of nitrogen functional groups attached to an aromatic ring is 3. The van der Waals surface area contributed by atoms with Crippen molar-refractivity contribution in [2.24, 2.45) is 0 Å². The third kappa shape index (κ3) is 4.89. The molecule has 4 aromatic heterocycles. The second-order valence-electron chi connectivity index (χ2n) is 10.0. The zero-order valence-corrected chi connectivity index (χ0v) is 22.9. The van der Waals surface area contributed by atoms with Gasteiger partial charge in [0.15, 0.2) is 35.1 Å². The van der Waals surface area contributed by atoms with Crippen LogP contribution in [0.3, 0.4) is 0 Å². The van der Waals surface area contributed by atoms with Crippen molar-refractivity contribution in [1.82, 2.24) is 39.0 Å². The standard InChI is InChI=1S/C21H28N11O10P/c22-14-8-15(28-20(23)27-14)31(4-25-8)18-12(36)10(34)7(42-18)3-40-43(38,39)13-11(35)6(1-2-33)41-19(13)32-5-26-9-16(32)29-21(24)30-17(9)37/h4-7,10-13,18-19,33-36H,1-3H2,(H,38,39)(H4,22,23,27,28)(H3,24,29,30,37)/t6-,7-,10-,11-,12-,13-,18-,19-/m1/s1. The number of hydrogen-bond acceptors (Lipinski definition) is 17. The summed E-state index contributed by atoms with van der Waals surface area (Å²) in [6.45, 7) is -1.13. The van der Waals surface area contributed by atoms with Crippen molar-refractivity contribution in [2.45, 2.75) is 55.1 Å². The minimum absolute atomic E-state index is 0.0186. The number of aromatic nitrogens is 8. The SMILES string of the molecule is Nc1nc(N)c2ncn([C@@H]3O[C@H](COP(=O)(O)[C@@H]4[C@H](O)[C@@H](CCO)O[C@H]4n4cnc5c(=O)[nH]c(N)nc54)[C@@H](O)[C@H]3O)c2n1. The normalized spacial score (nSPS) is 30.8. The quantitative estimate of drug-likeness (QED) is 0.0859. The minimum Gasteiger partial charge on any atom is -0.396 e. The molecule has 4 aromatic rings. The Morgan fingerprint density at radius 2 is 1.58 bits per heavy atom. The summed E-state index contributed by atoms with van der Waals surface area (Å²) >= 11 is 0. The Hall–Kier alpha value is -3.79. The molecule has 0 saturated carbocycles. The molecule has 1 unspecified atom stereocenters. The van der Waals surface area contributed by atoms with Crippen molar-refractivity contribution in [2.75, 3.05) is 30.4 Å². The summed E-state index contributed by atoms with van der Waals surface area (Å²) in [5, 5.41) is 41.9. The predicted molar refractivity (Wildman–Crippen MR) is 144 cm³/mol. The molecular formula is C21H28N11O10P. The zero-order chi connectivity index (χ0) is 30.8. The number of fused-ring (bicyclic) bond motifs is 2. The van der Waals surface area contributed by atoms with E-state index in [9.17, 15) is 34.7 Å². The van der Waals surface area contributed by atoms with Crippen LogP contribution >= 0.6 is 7.60 Å². The van der Waals surface area contributed by atoms with Crippen molar-refractivity contribution in [1.29, 1.82) is 0 Å². The Kier molecular flexibility index (Phi) is 7.31. The molecule has 12 N–H and O–H groups in total. The summed E-state index contributed by atoms with van der Waals surface area (Å²) in [5.41, 5.74) is 14.9. The molecule has 0 bridgehead atoms. The van der Waals surface area contributed by atoms with Crippen LogP contribution in [-0.2, 0) is 18.6 Å². The van der Waals surface area contributed by atoms with Crippen LogP contribution in [0, 0.1) is 0 Å². The van der Waals surface area contributed by atoms with E-state index in [0.29, 0.717) is 0 Å². The summed E-state index contributed by atoms with van der Waals surface area (Å²) < 4.78 is 33.1. The van der Waals surface area contributed by atoms with Crippen LogP contribution in [0.2, 0.25) is 0 Å². The molecule has 6 heterocycles. The first-order valence-corrected chi connectivity index (χ1v) is 14.5. The van der Waals surface area contributed by atoms with E-state index in [1.54, 1.807) is 0 Å². The van der Waals surface area contributed by atoms with E-state index < -0.39 is 75.0 Å². The number of hydrogen-bond donors (Lipinski definition) is 9. The lowest BCUT2D eigenvalue weighted by Crippen LogP contribution is -2.36. The summed E-state index contributed by atoms with van der Waals surface area (Å²) in [6.07, 6.45) is -7.69. The van der Waals surface area contributed by atoms with Gasteiger partial charge in [0.1, 0.15) is 29.5 Å². The van der Waals surface area contributed by atoms with Crippen molar-refractivity contribution in [3.05, 3.63) is 23.0 Å². The topological polar surface area (TPSA) is 331 Å². The minimum atomic E-state index is -4.88. The second-order valence-corrected chi connectivity index (χ2v) is 12.0. The van der Waals surface area contributed by atoms with E-state index in [0.717, 1.165) is 10.9 Å². The monoisotopic (exact) mass is 625 g/mol. The summed E-state index contributed by atoms with van der Waals surface area (Å²) in [7, 11) is -4.88. The zero-order valence-electron chi connectivity index (χ0n) is 22.0. The Bertz CT molecular complexity index is 1780.